The first-order chi connectivity index (χ1) is 6.25. The molecule has 0 aliphatic rings. The summed E-state index contributed by atoms with van der Waals surface area (Å²) >= 11 is 5.73. The van der Waals surface area contributed by atoms with E-state index >= 15 is 0 Å². The van der Waals surface area contributed by atoms with Gasteiger partial charge in [-0.25, -0.2) is 4.98 Å². The lowest BCUT2D eigenvalue weighted by atomic mass is 10.3. The molecule has 0 radical (unpaired) electrons. The van der Waals surface area contributed by atoms with Gasteiger partial charge in [0.2, 0.25) is 0 Å². The van der Waals surface area contributed by atoms with E-state index in [-0.39, 0.29) is 0 Å². The number of nitrogens with two attached hydrogens (primary N) is 1. The van der Waals surface area contributed by atoms with Gasteiger partial charge in [-0.05, 0) is 13.1 Å². The van der Waals surface area contributed by atoms with E-state index in [1.54, 1.807) is 12.3 Å². The van der Waals surface area contributed by atoms with Crippen LogP contribution in [0, 0.1) is 0 Å². The summed E-state index contributed by atoms with van der Waals surface area (Å²) in [4.78, 5) is 3.85. The largest absolute Gasteiger partial charge is 0.395 e. The van der Waals surface area contributed by atoms with Crippen LogP contribution in [-0.4, -0.2) is 25.1 Å². The highest BCUT2D eigenvalue weighted by molar-refractivity contribution is 6.32. The van der Waals surface area contributed by atoms with Gasteiger partial charge in [-0.3, -0.25) is 0 Å². The number of hydrogen-bond acceptors (Lipinski definition) is 4. The summed E-state index contributed by atoms with van der Waals surface area (Å²) in [6.45, 7) is 1.68. The van der Waals surface area contributed by atoms with Gasteiger partial charge in [-0.2, -0.15) is 0 Å². The van der Waals surface area contributed by atoms with E-state index in [0.29, 0.717) is 10.8 Å². The van der Waals surface area contributed by atoms with Crippen LogP contribution in [0.25, 0.3) is 0 Å². The Kier molecular flexibility index (Phi) is 3.79. The molecule has 0 fully saturated rings. The summed E-state index contributed by atoms with van der Waals surface area (Å²) in [6, 6.07) is 1.80. The molecule has 72 valence electrons. The zero-order valence-corrected chi connectivity index (χ0v) is 8.23. The number of anilines is 2. The first kappa shape index (κ1) is 10.1. The number of halogens is 1. The van der Waals surface area contributed by atoms with Crippen molar-refractivity contribution in [1.82, 2.24) is 10.3 Å². The Morgan fingerprint density at radius 3 is 3.00 bits per heavy atom. The summed E-state index contributed by atoms with van der Waals surface area (Å²) in [6.07, 6.45) is 1.63. The van der Waals surface area contributed by atoms with Crippen molar-refractivity contribution in [3.8, 4) is 0 Å². The minimum Gasteiger partial charge on any atom is -0.395 e. The average Bonchev–Trinajstić information content (AvgIpc) is 2.13. The van der Waals surface area contributed by atoms with E-state index in [4.69, 9.17) is 17.3 Å². The molecule has 0 spiro atoms. The van der Waals surface area contributed by atoms with Crippen molar-refractivity contribution in [3.63, 3.8) is 0 Å². The van der Waals surface area contributed by atoms with Crippen molar-refractivity contribution in [2.24, 2.45) is 0 Å². The highest BCUT2D eigenvalue weighted by Gasteiger charge is 2.02. The summed E-state index contributed by atoms with van der Waals surface area (Å²) in [5.74, 6) is 0. The van der Waals surface area contributed by atoms with Crippen LogP contribution in [0.1, 0.15) is 0 Å². The Labute approximate surface area is 82.5 Å². The van der Waals surface area contributed by atoms with Crippen molar-refractivity contribution in [3.05, 3.63) is 17.4 Å². The van der Waals surface area contributed by atoms with Gasteiger partial charge in [0.1, 0.15) is 0 Å². The molecule has 5 heteroatoms. The summed E-state index contributed by atoms with van der Waals surface area (Å²) in [7, 11) is 1.89. The Morgan fingerprint density at radius 1 is 1.54 bits per heavy atom. The zero-order chi connectivity index (χ0) is 9.68. The van der Waals surface area contributed by atoms with Crippen molar-refractivity contribution in [2.45, 2.75) is 0 Å². The van der Waals surface area contributed by atoms with Gasteiger partial charge in [-0.1, -0.05) is 11.6 Å². The molecule has 0 aliphatic carbocycles. The second-order valence-corrected chi connectivity index (χ2v) is 2.95. The molecule has 0 amide bonds. The van der Waals surface area contributed by atoms with Gasteiger partial charge in [0.15, 0.2) is 5.15 Å². The molecule has 0 unspecified atom stereocenters. The lowest BCUT2D eigenvalue weighted by Crippen LogP contribution is -2.18. The fourth-order valence-corrected chi connectivity index (χ4v) is 1.08. The zero-order valence-electron chi connectivity index (χ0n) is 7.47. The lowest BCUT2D eigenvalue weighted by molar-refractivity contribution is 0.824. The van der Waals surface area contributed by atoms with E-state index in [2.05, 4.69) is 15.6 Å². The number of rotatable bonds is 4. The molecule has 0 aliphatic heterocycles. The molecule has 1 heterocycles. The maximum atomic E-state index is 5.73. The van der Waals surface area contributed by atoms with Gasteiger partial charge in [0.05, 0.1) is 11.4 Å². The summed E-state index contributed by atoms with van der Waals surface area (Å²) in [5.41, 5.74) is 7.02. The predicted molar refractivity (Wildman–Crippen MR) is 56.1 cm³/mol. The van der Waals surface area contributed by atoms with Gasteiger partial charge < -0.3 is 16.4 Å². The molecule has 0 saturated carbocycles. The molecule has 0 atom stereocenters. The quantitative estimate of drug-likeness (QED) is 0.500. The molecule has 0 aromatic carbocycles. The van der Waals surface area contributed by atoms with Gasteiger partial charge in [0, 0.05) is 19.3 Å². The van der Waals surface area contributed by atoms with Crippen LogP contribution in [0.3, 0.4) is 0 Å². The van der Waals surface area contributed by atoms with E-state index in [9.17, 15) is 0 Å². The highest BCUT2D eigenvalue weighted by atomic mass is 35.5. The maximum absolute atomic E-state index is 5.73. The minimum absolute atomic E-state index is 0.342. The Balaban J connectivity index is 2.61. The number of aromatic nitrogens is 1. The molecule has 13 heavy (non-hydrogen) atoms. The molecule has 0 bridgehead atoms. The molecular weight excluding hydrogens is 188 g/mol. The van der Waals surface area contributed by atoms with Crippen LogP contribution in [0.15, 0.2) is 12.3 Å². The number of likely N-dealkylation sites (N-methyl/N-ethyl adjacent to an activating group) is 1. The minimum atomic E-state index is 0.342. The van der Waals surface area contributed by atoms with E-state index in [0.717, 1.165) is 18.8 Å². The molecule has 1 aromatic rings. The molecule has 4 N–H and O–H groups in total. The van der Waals surface area contributed by atoms with Gasteiger partial charge in [0.25, 0.3) is 0 Å². The third-order valence-electron chi connectivity index (χ3n) is 1.63. The van der Waals surface area contributed by atoms with E-state index in [1.165, 1.54) is 0 Å². The van der Waals surface area contributed by atoms with Crippen molar-refractivity contribution >= 4 is 23.0 Å². The summed E-state index contributed by atoms with van der Waals surface area (Å²) < 4.78 is 0. The molecule has 0 saturated heterocycles. The van der Waals surface area contributed by atoms with Crippen LogP contribution in [-0.2, 0) is 0 Å². The first-order valence-electron chi connectivity index (χ1n) is 4.04. The fraction of sp³-hybridized carbons (Fsp3) is 0.375. The number of pyridine rings is 1. The second-order valence-electron chi connectivity index (χ2n) is 2.59. The predicted octanol–water partition coefficient (Wildman–Crippen LogP) is 0.948. The number of nitrogens with zero attached hydrogens (tertiary/aromatic N) is 1. The van der Waals surface area contributed by atoms with E-state index < -0.39 is 0 Å². The smallest absolute Gasteiger partial charge is 0.153 e. The topological polar surface area (TPSA) is 63.0 Å². The summed E-state index contributed by atoms with van der Waals surface area (Å²) in [5, 5.41) is 6.50. The Hall–Kier alpha value is -1.00. The van der Waals surface area contributed by atoms with Crippen molar-refractivity contribution in [1.29, 1.82) is 0 Å². The van der Waals surface area contributed by atoms with Crippen LogP contribution in [0.5, 0.6) is 0 Å². The third kappa shape index (κ3) is 2.75. The molecule has 4 nitrogen and oxygen atoms in total. The third-order valence-corrected chi connectivity index (χ3v) is 1.93. The van der Waals surface area contributed by atoms with Gasteiger partial charge in [-0.15, -0.1) is 0 Å². The normalized spacial score (nSPS) is 10.0. The van der Waals surface area contributed by atoms with Crippen molar-refractivity contribution in [2.75, 3.05) is 31.2 Å². The van der Waals surface area contributed by atoms with Gasteiger partial charge >= 0.3 is 0 Å². The lowest BCUT2D eigenvalue weighted by Gasteiger charge is -2.08. The fourth-order valence-electron chi connectivity index (χ4n) is 0.924. The van der Waals surface area contributed by atoms with Crippen LogP contribution >= 0.6 is 11.6 Å². The highest BCUT2D eigenvalue weighted by Crippen LogP contribution is 2.23. The van der Waals surface area contributed by atoms with Crippen molar-refractivity contribution < 1.29 is 0 Å². The Bertz CT molecular complexity index is 277. The maximum Gasteiger partial charge on any atom is 0.153 e. The molecular formula is C8H13ClN4. The number of nitrogen functional groups attached to an aromatic ring is 1. The van der Waals surface area contributed by atoms with E-state index in [1.807, 2.05) is 7.05 Å². The second kappa shape index (κ2) is 4.89. The molecule has 1 rings (SSSR count). The first-order valence-corrected chi connectivity index (χ1v) is 4.42. The number of nitrogens with one attached hydrogen (secondary N) is 2. The van der Waals surface area contributed by atoms with Crippen LogP contribution < -0.4 is 16.4 Å². The molecule has 1 aromatic heterocycles. The Morgan fingerprint density at radius 2 is 2.31 bits per heavy atom. The monoisotopic (exact) mass is 200 g/mol. The van der Waals surface area contributed by atoms with Crippen LogP contribution in [0.2, 0.25) is 5.15 Å². The van der Waals surface area contributed by atoms with Crippen LogP contribution in [0.4, 0.5) is 11.4 Å². The SMILES string of the molecule is CNCCNc1ccnc(Cl)c1N. The number of hydrogen-bond donors (Lipinski definition) is 3. The average molecular weight is 201 g/mol. The standard InChI is InChI=1S/C8H13ClN4/c1-11-4-5-12-6-2-3-13-8(9)7(6)10/h2-3,11H,4-5,10H2,1H3,(H,12,13).